The lowest BCUT2D eigenvalue weighted by Crippen LogP contribution is -1.99. The van der Waals surface area contributed by atoms with E-state index in [0.29, 0.717) is 10.6 Å². The zero-order valence-electron chi connectivity index (χ0n) is 12.5. The van der Waals surface area contributed by atoms with Crippen molar-refractivity contribution in [1.82, 2.24) is 0 Å². The van der Waals surface area contributed by atoms with Crippen molar-refractivity contribution in [3.05, 3.63) is 52.4 Å². The second kappa shape index (κ2) is 6.63. The summed E-state index contributed by atoms with van der Waals surface area (Å²) in [6.45, 7) is 3.98. The zero-order valence-corrected chi connectivity index (χ0v) is 13.4. The van der Waals surface area contributed by atoms with E-state index in [1.165, 1.54) is 7.11 Å². The maximum Gasteiger partial charge on any atom is 0.317 e. The molecule has 0 unspecified atom stereocenters. The fourth-order valence-electron chi connectivity index (χ4n) is 2.06. The molecule has 0 fully saturated rings. The van der Waals surface area contributed by atoms with Crippen LogP contribution in [0, 0.1) is 18.8 Å². The minimum atomic E-state index is 0.506. The minimum Gasteiger partial charge on any atom is -0.497 e. The Kier molecular flexibility index (Phi) is 4.85. The molecule has 0 aliphatic rings. The van der Waals surface area contributed by atoms with Crippen molar-refractivity contribution in [3.8, 4) is 5.75 Å². The highest BCUT2D eigenvalue weighted by Gasteiger charge is 2.18. The van der Waals surface area contributed by atoms with E-state index in [2.05, 4.69) is 4.84 Å². The largest absolute Gasteiger partial charge is 0.497 e. The van der Waals surface area contributed by atoms with E-state index < -0.39 is 0 Å². The van der Waals surface area contributed by atoms with Crippen LogP contribution in [0.3, 0.4) is 0 Å². The lowest BCUT2D eigenvalue weighted by atomic mass is 10.1. The van der Waals surface area contributed by atoms with Crippen LogP contribution in [0.25, 0.3) is 0 Å². The van der Waals surface area contributed by atoms with Crippen LogP contribution < -0.4 is 4.74 Å². The van der Waals surface area contributed by atoms with Gasteiger partial charge in [0.2, 0.25) is 0 Å². The molecule has 0 saturated heterocycles. The van der Waals surface area contributed by atoms with Gasteiger partial charge in [-0.05, 0) is 49.2 Å². The first-order valence-corrected chi connectivity index (χ1v) is 7.31. The number of ether oxygens (including phenoxy) is 1. The summed E-state index contributed by atoms with van der Waals surface area (Å²) in [6.07, 6.45) is 0. The Morgan fingerprint density at radius 1 is 1.00 bits per heavy atom. The first-order valence-electron chi connectivity index (χ1n) is 6.49. The van der Waals surface area contributed by atoms with Crippen LogP contribution >= 0.6 is 11.8 Å². The third-order valence-corrected chi connectivity index (χ3v) is 4.46. The molecule has 0 aromatic heterocycles. The molecular formula is C16H18NO3S+. The molecule has 0 radical (unpaired) electrons. The van der Waals surface area contributed by atoms with Gasteiger partial charge in [-0.15, -0.1) is 0 Å². The summed E-state index contributed by atoms with van der Waals surface area (Å²) >= 11 is 1.67. The van der Waals surface area contributed by atoms with Crippen LogP contribution in [-0.2, 0) is 4.84 Å². The Morgan fingerprint density at radius 3 is 2.05 bits per heavy atom. The summed E-state index contributed by atoms with van der Waals surface area (Å²) in [5.41, 5.74) is 2.60. The minimum absolute atomic E-state index is 0.506. The molecule has 0 saturated carbocycles. The number of rotatable bonds is 5. The van der Waals surface area contributed by atoms with E-state index in [1.54, 1.807) is 18.9 Å². The molecule has 2 rings (SSSR count). The van der Waals surface area contributed by atoms with Gasteiger partial charge >= 0.3 is 5.69 Å². The normalized spacial score (nSPS) is 10.3. The highest BCUT2D eigenvalue weighted by atomic mass is 32.2. The fourth-order valence-corrected chi connectivity index (χ4v) is 3.01. The molecule has 21 heavy (non-hydrogen) atoms. The molecule has 0 N–H and O–H groups in total. The standard InChI is InChI=1S/C16H18NO3S/c1-11-9-13(17(18)20-4)10-12(2)16(11)21-15-7-5-14(19-3)6-8-15/h5-10H,1-4H3/q+1. The summed E-state index contributed by atoms with van der Waals surface area (Å²) in [7, 11) is 3.01. The van der Waals surface area contributed by atoms with Crippen LogP contribution in [-0.4, -0.2) is 19.1 Å². The molecule has 0 aliphatic carbocycles. The molecule has 2 aromatic carbocycles. The third kappa shape index (κ3) is 3.55. The summed E-state index contributed by atoms with van der Waals surface area (Å²) in [6, 6.07) is 11.6. The number of benzene rings is 2. The smallest absolute Gasteiger partial charge is 0.317 e. The third-order valence-electron chi connectivity index (χ3n) is 3.10. The van der Waals surface area contributed by atoms with Gasteiger partial charge in [-0.1, -0.05) is 11.8 Å². The predicted molar refractivity (Wildman–Crippen MR) is 83.3 cm³/mol. The van der Waals surface area contributed by atoms with Crippen molar-refractivity contribution in [2.75, 3.05) is 14.2 Å². The van der Waals surface area contributed by atoms with Gasteiger partial charge in [0.05, 0.1) is 12.0 Å². The fraction of sp³-hybridized carbons (Fsp3) is 0.250. The van der Waals surface area contributed by atoms with Crippen LogP contribution in [0.15, 0.2) is 46.2 Å². The number of hydrogen-bond donors (Lipinski definition) is 0. The molecule has 110 valence electrons. The molecule has 5 heteroatoms. The molecule has 0 amide bonds. The number of hydrogen-bond acceptors (Lipinski definition) is 4. The van der Waals surface area contributed by atoms with Gasteiger partial charge in [-0.3, -0.25) is 0 Å². The lowest BCUT2D eigenvalue weighted by molar-refractivity contribution is -0.736. The van der Waals surface area contributed by atoms with E-state index in [9.17, 15) is 4.91 Å². The predicted octanol–water partition coefficient (Wildman–Crippen LogP) is 4.44. The zero-order chi connectivity index (χ0) is 15.4. The average molecular weight is 304 g/mol. The van der Waals surface area contributed by atoms with E-state index in [1.807, 2.05) is 50.2 Å². The van der Waals surface area contributed by atoms with Crippen molar-refractivity contribution in [2.45, 2.75) is 23.6 Å². The summed E-state index contributed by atoms with van der Waals surface area (Å²) in [5.74, 6) is 0.838. The maximum absolute atomic E-state index is 11.5. The highest BCUT2D eigenvalue weighted by molar-refractivity contribution is 7.99. The Hall–Kier alpha value is -2.01. The molecule has 0 aliphatic heterocycles. The second-order valence-corrected chi connectivity index (χ2v) is 5.71. The molecule has 0 atom stereocenters. The van der Waals surface area contributed by atoms with Gasteiger partial charge in [0.1, 0.15) is 5.75 Å². The summed E-state index contributed by atoms with van der Waals surface area (Å²) in [5, 5.41) is 0. The highest BCUT2D eigenvalue weighted by Crippen LogP contribution is 2.35. The number of nitrogens with zero attached hydrogens (tertiary/aromatic N) is 1. The van der Waals surface area contributed by atoms with E-state index in [-0.39, 0.29) is 0 Å². The molecular weight excluding hydrogens is 286 g/mol. The summed E-state index contributed by atoms with van der Waals surface area (Å²) in [4.78, 5) is 19.0. The van der Waals surface area contributed by atoms with Gasteiger partial charge in [0, 0.05) is 21.9 Å². The Morgan fingerprint density at radius 2 is 1.57 bits per heavy atom. The quantitative estimate of drug-likeness (QED) is 0.766. The number of methoxy groups -OCH3 is 1. The van der Waals surface area contributed by atoms with Gasteiger partial charge in [-0.25, -0.2) is 4.84 Å². The van der Waals surface area contributed by atoms with Crippen molar-refractivity contribution in [3.63, 3.8) is 0 Å². The first-order chi connectivity index (χ1) is 10.0. The lowest BCUT2D eigenvalue weighted by Gasteiger charge is -2.09. The van der Waals surface area contributed by atoms with Crippen LogP contribution in [0.2, 0.25) is 0 Å². The number of aryl methyl sites for hydroxylation is 2. The molecule has 2 aromatic rings. The van der Waals surface area contributed by atoms with Crippen LogP contribution in [0.4, 0.5) is 5.69 Å². The summed E-state index contributed by atoms with van der Waals surface area (Å²) < 4.78 is 5.16. The maximum atomic E-state index is 11.5. The van der Waals surface area contributed by atoms with Gasteiger partial charge in [0.15, 0.2) is 7.11 Å². The molecule has 0 spiro atoms. The first kappa shape index (κ1) is 15.4. The van der Waals surface area contributed by atoms with Crippen LogP contribution in [0.1, 0.15) is 11.1 Å². The Balaban J connectivity index is 2.29. The Bertz CT molecular complexity index is 630. The van der Waals surface area contributed by atoms with Crippen molar-refractivity contribution in [2.24, 2.45) is 0 Å². The van der Waals surface area contributed by atoms with E-state index >= 15 is 0 Å². The second-order valence-electron chi connectivity index (χ2n) is 4.63. The van der Waals surface area contributed by atoms with Gasteiger partial charge < -0.3 is 4.74 Å². The average Bonchev–Trinajstić information content (AvgIpc) is 2.50. The van der Waals surface area contributed by atoms with E-state index in [4.69, 9.17) is 4.74 Å². The monoisotopic (exact) mass is 304 g/mol. The topological polar surface area (TPSA) is 38.5 Å². The molecule has 4 nitrogen and oxygen atoms in total. The van der Waals surface area contributed by atoms with Crippen molar-refractivity contribution >= 4 is 17.4 Å². The molecule has 0 bridgehead atoms. The van der Waals surface area contributed by atoms with Gasteiger partial charge in [-0.2, -0.15) is 0 Å². The molecule has 0 heterocycles. The van der Waals surface area contributed by atoms with Gasteiger partial charge in [0.25, 0.3) is 4.92 Å². The van der Waals surface area contributed by atoms with E-state index in [0.717, 1.165) is 26.7 Å². The SMILES string of the molecule is COc1ccc(Sc2c(C)cc([N+](=O)OC)cc2C)cc1. The van der Waals surface area contributed by atoms with Crippen LogP contribution in [0.5, 0.6) is 5.75 Å². The van der Waals surface area contributed by atoms with Crippen molar-refractivity contribution in [1.29, 1.82) is 0 Å². The Labute approximate surface area is 128 Å². The van der Waals surface area contributed by atoms with Crippen molar-refractivity contribution < 1.29 is 14.5 Å².